The third kappa shape index (κ3) is 1.79. The molecular formula is C13H10ClN3O2. The summed E-state index contributed by atoms with van der Waals surface area (Å²) in [6.07, 6.45) is 3.17. The Morgan fingerprint density at radius 1 is 1.47 bits per heavy atom. The number of carboxylic acid groups (broad SMARTS) is 1. The summed E-state index contributed by atoms with van der Waals surface area (Å²) in [6.45, 7) is 0. The van der Waals surface area contributed by atoms with Crippen molar-refractivity contribution in [2.75, 3.05) is 0 Å². The molecule has 2 N–H and O–H groups in total. The highest BCUT2D eigenvalue weighted by molar-refractivity contribution is 6.31. The van der Waals surface area contributed by atoms with E-state index in [4.69, 9.17) is 16.7 Å². The number of rotatable bonds is 2. The minimum absolute atomic E-state index is 0.155. The molecule has 3 rings (SSSR count). The third-order valence-electron chi connectivity index (χ3n) is 3.09. The highest BCUT2D eigenvalue weighted by Crippen LogP contribution is 2.32. The van der Waals surface area contributed by atoms with Crippen molar-refractivity contribution in [3.05, 3.63) is 41.2 Å². The van der Waals surface area contributed by atoms with E-state index in [-0.39, 0.29) is 5.56 Å². The Morgan fingerprint density at radius 2 is 2.26 bits per heavy atom. The molecule has 19 heavy (non-hydrogen) atoms. The molecule has 96 valence electrons. The van der Waals surface area contributed by atoms with E-state index in [1.54, 1.807) is 6.07 Å². The van der Waals surface area contributed by atoms with Gasteiger partial charge in [-0.3, -0.25) is 5.10 Å². The van der Waals surface area contributed by atoms with Crippen LogP contribution < -0.4 is 0 Å². The lowest BCUT2D eigenvalue weighted by molar-refractivity contribution is 0.0698. The van der Waals surface area contributed by atoms with Crippen LogP contribution in [0.15, 0.2) is 30.6 Å². The lowest BCUT2D eigenvalue weighted by atomic mass is 10.1. The number of aryl methyl sites for hydroxylation is 1. The number of aromatic amines is 1. The molecule has 5 nitrogen and oxygen atoms in total. The second-order valence-electron chi connectivity index (χ2n) is 4.28. The number of hydrogen-bond acceptors (Lipinski definition) is 2. The largest absolute Gasteiger partial charge is 0.478 e. The van der Waals surface area contributed by atoms with Crippen LogP contribution in [0.1, 0.15) is 10.4 Å². The van der Waals surface area contributed by atoms with E-state index in [0.29, 0.717) is 10.7 Å². The first-order valence-electron chi connectivity index (χ1n) is 5.59. The second-order valence-corrected chi connectivity index (χ2v) is 4.72. The number of nitrogens with zero attached hydrogens (tertiary/aromatic N) is 2. The molecule has 0 aliphatic rings. The first-order valence-corrected chi connectivity index (χ1v) is 5.97. The number of halogens is 1. The van der Waals surface area contributed by atoms with Crippen molar-refractivity contribution in [2.45, 2.75) is 0 Å². The van der Waals surface area contributed by atoms with Gasteiger partial charge < -0.3 is 9.67 Å². The summed E-state index contributed by atoms with van der Waals surface area (Å²) in [7, 11) is 1.89. The summed E-state index contributed by atoms with van der Waals surface area (Å²) < 4.78 is 1.91. The van der Waals surface area contributed by atoms with Gasteiger partial charge in [0.1, 0.15) is 5.56 Å². The van der Waals surface area contributed by atoms with Crippen molar-refractivity contribution in [1.82, 2.24) is 14.8 Å². The molecule has 2 heterocycles. The quantitative estimate of drug-likeness (QED) is 0.755. The molecule has 0 unspecified atom stereocenters. The number of carboxylic acids is 1. The van der Waals surface area contributed by atoms with E-state index in [1.165, 1.54) is 6.20 Å². The molecule has 2 aromatic heterocycles. The highest BCUT2D eigenvalue weighted by Gasteiger charge is 2.18. The molecule has 0 fully saturated rings. The zero-order valence-electron chi connectivity index (χ0n) is 10.0. The molecule has 0 bridgehead atoms. The molecule has 3 aromatic rings. The zero-order valence-corrected chi connectivity index (χ0v) is 10.8. The van der Waals surface area contributed by atoms with Crippen LogP contribution in [0.3, 0.4) is 0 Å². The van der Waals surface area contributed by atoms with Gasteiger partial charge in [0.05, 0.1) is 11.9 Å². The first kappa shape index (κ1) is 11.8. The Balaban J connectivity index is 2.31. The molecule has 6 heteroatoms. The Hall–Kier alpha value is -2.27. The fraction of sp³-hybridized carbons (Fsp3) is 0.0769. The normalized spacial score (nSPS) is 11.1. The summed E-state index contributed by atoms with van der Waals surface area (Å²) in [6, 6.07) is 5.50. The van der Waals surface area contributed by atoms with Crippen molar-refractivity contribution in [2.24, 2.45) is 7.05 Å². The average Bonchev–Trinajstić information content (AvgIpc) is 2.94. The molecule has 1 aromatic carbocycles. The van der Waals surface area contributed by atoms with Gasteiger partial charge in [0.25, 0.3) is 0 Å². The Kier molecular flexibility index (Phi) is 2.57. The van der Waals surface area contributed by atoms with Gasteiger partial charge in [-0.05, 0) is 12.1 Å². The number of nitrogens with one attached hydrogen (secondary N) is 1. The van der Waals surface area contributed by atoms with E-state index in [2.05, 4.69) is 10.2 Å². The first-order chi connectivity index (χ1) is 9.08. The molecule has 0 radical (unpaired) electrons. The van der Waals surface area contributed by atoms with Crippen LogP contribution >= 0.6 is 11.6 Å². The van der Waals surface area contributed by atoms with Crippen LogP contribution in [0, 0.1) is 0 Å². The maximum atomic E-state index is 11.2. The Morgan fingerprint density at radius 3 is 3.00 bits per heavy atom. The van der Waals surface area contributed by atoms with Gasteiger partial charge in [0.2, 0.25) is 0 Å². The van der Waals surface area contributed by atoms with Crippen LogP contribution in [-0.2, 0) is 7.05 Å². The van der Waals surface area contributed by atoms with Gasteiger partial charge in [-0.25, -0.2) is 4.79 Å². The molecule has 0 saturated heterocycles. The van der Waals surface area contributed by atoms with Crippen LogP contribution in [0.5, 0.6) is 0 Å². The molecular weight excluding hydrogens is 266 g/mol. The smallest absolute Gasteiger partial charge is 0.339 e. The minimum atomic E-state index is -1.00. The SMILES string of the molecule is Cn1cc(-c2[nH]ncc2C(=O)O)c2ccc(Cl)cc21. The number of fused-ring (bicyclic) bond motifs is 1. The molecule has 0 aliphatic carbocycles. The number of aromatic nitrogens is 3. The summed E-state index contributed by atoms with van der Waals surface area (Å²) in [5.41, 5.74) is 2.39. The monoisotopic (exact) mass is 275 g/mol. The van der Waals surface area contributed by atoms with Crippen molar-refractivity contribution in [1.29, 1.82) is 0 Å². The van der Waals surface area contributed by atoms with Gasteiger partial charge in [0.15, 0.2) is 0 Å². The van der Waals surface area contributed by atoms with Crippen molar-refractivity contribution >= 4 is 28.5 Å². The topological polar surface area (TPSA) is 70.9 Å². The molecule has 0 spiro atoms. The summed E-state index contributed by atoms with van der Waals surface area (Å²) in [5.74, 6) is -1.00. The van der Waals surface area contributed by atoms with Crippen molar-refractivity contribution in [3.8, 4) is 11.3 Å². The number of benzene rings is 1. The summed E-state index contributed by atoms with van der Waals surface area (Å²) >= 11 is 5.98. The van der Waals surface area contributed by atoms with E-state index < -0.39 is 5.97 Å². The average molecular weight is 276 g/mol. The van der Waals surface area contributed by atoms with E-state index in [9.17, 15) is 4.79 Å². The van der Waals surface area contributed by atoms with Crippen LogP contribution in [0.4, 0.5) is 0 Å². The highest BCUT2D eigenvalue weighted by atomic mass is 35.5. The Labute approximate surface area is 113 Å². The van der Waals surface area contributed by atoms with Gasteiger partial charge in [-0.15, -0.1) is 0 Å². The van der Waals surface area contributed by atoms with Crippen LogP contribution in [-0.4, -0.2) is 25.8 Å². The fourth-order valence-electron chi connectivity index (χ4n) is 2.21. The standard InChI is InChI=1S/C13H10ClN3O2/c1-17-6-10(8-3-2-7(14)4-11(8)17)12-9(13(18)19)5-15-16-12/h2-6H,1H3,(H,15,16)(H,18,19). The van der Waals surface area contributed by atoms with Gasteiger partial charge in [-0.1, -0.05) is 17.7 Å². The lowest BCUT2D eigenvalue weighted by Crippen LogP contribution is -1.96. The maximum absolute atomic E-state index is 11.2. The van der Waals surface area contributed by atoms with Gasteiger partial charge in [0, 0.05) is 34.7 Å². The van der Waals surface area contributed by atoms with E-state index >= 15 is 0 Å². The predicted molar refractivity (Wildman–Crippen MR) is 72.5 cm³/mol. The maximum Gasteiger partial charge on any atom is 0.339 e. The van der Waals surface area contributed by atoms with Crippen molar-refractivity contribution < 1.29 is 9.90 Å². The van der Waals surface area contributed by atoms with Crippen molar-refractivity contribution in [3.63, 3.8) is 0 Å². The van der Waals surface area contributed by atoms with Gasteiger partial charge >= 0.3 is 5.97 Å². The lowest BCUT2D eigenvalue weighted by Gasteiger charge is -1.98. The number of hydrogen-bond donors (Lipinski definition) is 2. The van der Waals surface area contributed by atoms with Gasteiger partial charge in [-0.2, -0.15) is 5.10 Å². The predicted octanol–water partition coefficient (Wildman–Crippen LogP) is 2.92. The third-order valence-corrected chi connectivity index (χ3v) is 3.33. The zero-order chi connectivity index (χ0) is 13.6. The summed E-state index contributed by atoms with van der Waals surface area (Å²) in [5, 5.41) is 17.3. The molecule has 0 aliphatic heterocycles. The van der Waals surface area contributed by atoms with Crippen LogP contribution in [0.25, 0.3) is 22.2 Å². The number of carbonyl (C=O) groups is 1. The van der Waals surface area contributed by atoms with Crippen LogP contribution in [0.2, 0.25) is 5.02 Å². The Bertz CT molecular complexity index is 788. The molecule has 0 saturated carbocycles. The van der Waals surface area contributed by atoms with E-state index in [1.807, 2.05) is 29.9 Å². The molecule has 0 atom stereocenters. The number of aromatic carboxylic acids is 1. The fourth-order valence-corrected chi connectivity index (χ4v) is 2.38. The minimum Gasteiger partial charge on any atom is -0.478 e. The second kappa shape index (κ2) is 4.13. The van der Waals surface area contributed by atoms with E-state index in [0.717, 1.165) is 16.5 Å². The number of H-pyrrole nitrogens is 1. The summed E-state index contributed by atoms with van der Waals surface area (Å²) in [4.78, 5) is 11.2. The molecule has 0 amide bonds.